The van der Waals surface area contributed by atoms with Crippen molar-refractivity contribution in [3.8, 4) is 17.1 Å². The summed E-state index contributed by atoms with van der Waals surface area (Å²) < 4.78 is 12.3. The van der Waals surface area contributed by atoms with Crippen molar-refractivity contribution in [2.75, 3.05) is 0 Å². The van der Waals surface area contributed by atoms with E-state index in [4.69, 9.17) is 20.8 Å². The van der Waals surface area contributed by atoms with Crippen molar-refractivity contribution < 1.29 is 13.9 Å². The first-order valence-electron chi connectivity index (χ1n) is 8.73. The number of ether oxygens (including phenoxy) is 1. The molecule has 3 aromatic carbocycles. The third kappa shape index (κ3) is 3.97. The monoisotopic (exact) mass is 468 g/mol. The summed E-state index contributed by atoms with van der Waals surface area (Å²) in [7, 11) is 0. The highest BCUT2D eigenvalue weighted by molar-refractivity contribution is 9.10. The number of carbonyl (C=O) groups excluding carboxylic acids is 1. The molecule has 0 aliphatic rings. The average Bonchev–Trinajstić information content (AvgIpc) is 2.70. The lowest BCUT2D eigenvalue weighted by molar-refractivity contribution is 0.0731. The van der Waals surface area contributed by atoms with Gasteiger partial charge in [0, 0.05) is 15.1 Å². The molecular weight excluding hydrogens is 456 g/mol. The van der Waals surface area contributed by atoms with E-state index >= 15 is 0 Å². The predicted molar refractivity (Wildman–Crippen MR) is 117 cm³/mol. The molecule has 0 spiro atoms. The quantitative estimate of drug-likeness (QED) is 0.326. The standard InChI is InChI=1S/C23H14BrClO4/c1-13-5-10-18-19(11-13)28-21(14-6-8-17(25)9-7-14)22(20(18)26)29-23(27)15-3-2-4-16(24)12-15/h2-12H,1H3. The first kappa shape index (κ1) is 19.4. The summed E-state index contributed by atoms with van der Waals surface area (Å²) in [5, 5.41) is 0.880. The fraction of sp³-hybridized carbons (Fsp3) is 0.0435. The minimum absolute atomic E-state index is 0.159. The summed E-state index contributed by atoms with van der Waals surface area (Å²) in [6.45, 7) is 1.91. The van der Waals surface area contributed by atoms with Crippen LogP contribution in [0.2, 0.25) is 5.02 Å². The molecule has 0 saturated heterocycles. The van der Waals surface area contributed by atoms with Gasteiger partial charge >= 0.3 is 5.97 Å². The Morgan fingerprint density at radius 2 is 1.79 bits per heavy atom. The van der Waals surface area contributed by atoms with Gasteiger partial charge in [0.25, 0.3) is 0 Å². The molecule has 0 unspecified atom stereocenters. The highest BCUT2D eigenvalue weighted by Crippen LogP contribution is 2.32. The Labute approximate surface area is 179 Å². The Balaban J connectivity index is 1.90. The zero-order valence-electron chi connectivity index (χ0n) is 15.2. The van der Waals surface area contributed by atoms with Gasteiger partial charge in [0.05, 0.1) is 10.9 Å². The van der Waals surface area contributed by atoms with E-state index < -0.39 is 11.4 Å². The number of hydrogen-bond donors (Lipinski definition) is 0. The van der Waals surface area contributed by atoms with Crippen LogP contribution in [0, 0.1) is 6.92 Å². The van der Waals surface area contributed by atoms with Gasteiger partial charge in [-0.15, -0.1) is 0 Å². The molecule has 144 valence electrons. The zero-order chi connectivity index (χ0) is 20.5. The van der Waals surface area contributed by atoms with Crippen molar-refractivity contribution in [2.24, 2.45) is 0 Å². The fourth-order valence-electron chi connectivity index (χ4n) is 2.93. The lowest BCUT2D eigenvalue weighted by atomic mass is 10.1. The normalized spacial score (nSPS) is 10.9. The molecule has 0 aliphatic heterocycles. The Hall–Kier alpha value is -2.89. The summed E-state index contributed by atoms with van der Waals surface area (Å²) >= 11 is 9.31. The van der Waals surface area contributed by atoms with E-state index in [0.717, 1.165) is 10.0 Å². The second-order valence-corrected chi connectivity index (χ2v) is 7.85. The van der Waals surface area contributed by atoms with Gasteiger partial charge in [0.2, 0.25) is 11.2 Å². The molecular formula is C23H14BrClO4. The molecule has 1 heterocycles. The predicted octanol–water partition coefficient (Wildman–Crippen LogP) is 6.40. The third-order valence-corrected chi connectivity index (χ3v) is 5.11. The van der Waals surface area contributed by atoms with Gasteiger partial charge in [-0.2, -0.15) is 0 Å². The maximum atomic E-state index is 13.2. The Bertz CT molecular complexity index is 1290. The molecule has 4 rings (SSSR count). The topological polar surface area (TPSA) is 56.5 Å². The van der Waals surface area contributed by atoms with Crippen LogP contribution >= 0.6 is 27.5 Å². The number of esters is 1. The second-order valence-electron chi connectivity index (χ2n) is 6.50. The number of fused-ring (bicyclic) bond motifs is 1. The third-order valence-electron chi connectivity index (χ3n) is 4.37. The van der Waals surface area contributed by atoms with Crippen LogP contribution in [0.25, 0.3) is 22.3 Å². The van der Waals surface area contributed by atoms with Crippen LogP contribution in [0.5, 0.6) is 5.75 Å². The van der Waals surface area contributed by atoms with Crippen molar-refractivity contribution in [1.29, 1.82) is 0 Å². The molecule has 0 N–H and O–H groups in total. The summed E-state index contributed by atoms with van der Waals surface area (Å²) in [6.07, 6.45) is 0. The number of carbonyl (C=O) groups is 1. The van der Waals surface area contributed by atoms with E-state index in [-0.39, 0.29) is 11.5 Å². The highest BCUT2D eigenvalue weighted by atomic mass is 79.9. The van der Waals surface area contributed by atoms with Crippen LogP contribution in [0.1, 0.15) is 15.9 Å². The van der Waals surface area contributed by atoms with Gasteiger partial charge in [-0.05, 0) is 67.1 Å². The smallest absolute Gasteiger partial charge is 0.343 e. The molecule has 6 heteroatoms. The van der Waals surface area contributed by atoms with Crippen molar-refractivity contribution >= 4 is 44.5 Å². The largest absolute Gasteiger partial charge is 0.452 e. The molecule has 0 saturated carbocycles. The number of aryl methyl sites for hydroxylation is 1. The van der Waals surface area contributed by atoms with Gasteiger partial charge in [-0.25, -0.2) is 4.79 Å². The molecule has 0 amide bonds. The van der Waals surface area contributed by atoms with E-state index in [1.165, 1.54) is 0 Å². The van der Waals surface area contributed by atoms with Crippen LogP contribution in [0.4, 0.5) is 0 Å². The maximum Gasteiger partial charge on any atom is 0.343 e. The van der Waals surface area contributed by atoms with Crippen molar-refractivity contribution in [3.05, 3.63) is 97.6 Å². The number of halogens is 2. The molecule has 0 radical (unpaired) electrons. The van der Waals surface area contributed by atoms with Gasteiger partial charge < -0.3 is 9.15 Å². The molecule has 29 heavy (non-hydrogen) atoms. The highest BCUT2D eigenvalue weighted by Gasteiger charge is 2.21. The van der Waals surface area contributed by atoms with Gasteiger partial charge in [-0.1, -0.05) is 39.7 Å². The zero-order valence-corrected chi connectivity index (χ0v) is 17.6. The average molecular weight is 470 g/mol. The SMILES string of the molecule is Cc1ccc2c(=O)c(OC(=O)c3cccc(Br)c3)c(-c3ccc(Cl)cc3)oc2c1. The van der Waals surface area contributed by atoms with E-state index in [1.807, 2.05) is 6.92 Å². The fourth-order valence-corrected chi connectivity index (χ4v) is 3.46. The summed E-state index contributed by atoms with van der Waals surface area (Å²) in [4.78, 5) is 25.9. The van der Waals surface area contributed by atoms with Crippen LogP contribution < -0.4 is 10.2 Å². The molecule has 0 bridgehead atoms. The summed E-state index contributed by atoms with van der Waals surface area (Å²) in [6, 6.07) is 18.8. The van der Waals surface area contributed by atoms with E-state index in [9.17, 15) is 9.59 Å². The molecule has 4 aromatic rings. The number of hydrogen-bond acceptors (Lipinski definition) is 4. The van der Waals surface area contributed by atoms with Gasteiger partial charge in [0.15, 0.2) is 5.76 Å². The molecule has 0 atom stereocenters. The van der Waals surface area contributed by atoms with E-state index in [1.54, 1.807) is 66.7 Å². The summed E-state index contributed by atoms with van der Waals surface area (Å²) in [5.74, 6) is -0.637. The summed E-state index contributed by atoms with van der Waals surface area (Å²) in [5.41, 5.74) is 1.83. The first-order chi connectivity index (χ1) is 13.9. The van der Waals surface area contributed by atoms with E-state index in [0.29, 0.717) is 27.1 Å². The Morgan fingerprint density at radius 1 is 1.03 bits per heavy atom. The van der Waals surface area contributed by atoms with Gasteiger partial charge in [0.1, 0.15) is 5.58 Å². The van der Waals surface area contributed by atoms with Crippen LogP contribution in [0.15, 0.2) is 80.4 Å². The van der Waals surface area contributed by atoms with E-state index in [2.05, 4.69) is 15.9 Å². The van der Waals surface area contributed by atoms with Crippen LogP contribution in [-0.4, -0.2) is 5.97 Å². The number of benzene rings is 3. The van der Waals surface area contributed by atoms with Crippen molar-refractivity contribution in [3.63, 3.8) is 0 Å². The Kier molecular flexibility index (Phi) is 5.26. The molecule has 0 aliphatic carbocycles. The minimum Gasteiger partial charge on any atom is -0.452 e. The van der Waals surface area contributed by atoms with Crippen LogP contribution in [0.3, 0.4) is 0 Å². The number of rotatable bonds is 3. The first-order valence-corrected chi connectivity index (χ1v) is 9.90. The molecule has 0 fully saturated rings. The lowest BCUT2D eigenvalue weighted by Gasteiger charge is -2.11. The Morgan fingerprint density at radius 3 is 2.52 bits per heavy atom. The lowest BCUT2D eigenvalue weighted by Crippen LogP contribution is -2.16. The maximum absolute atomic E-state index is 13.2. The molecule has 1 aromatic heterocycles. The van der Waals surface area contributed by atoms with Crippen molar-refractivity contribution in [1.82, 2.24) is 0 Å². The molecule has 4 nitrogen and oxygen atoms in total. The van der Waals surface area contributed by atoms with Gasteiger partial charge in [-0.3, -0.25) is 4.79 Å². The minimum atomic E-state index is -0.653. The second kappa shape index (κ2) is 7.85. The van der Waals surface area contributed by atoms with Crippen molar-refractivity contribution in [2.45, 2.75) is 6.92 Å². The van der Waals surface area contributed by atoms with Crippen LogP contribution in [-0.2, 0) is 0 Å².